The number of aldehydes is 1. The number of carbonyl (C=O) groups is 1. The third kappa shape index (κ3) is 3.90. The minimum atomic E-state index is -0.0678. The van der Waals surface area contributed by atoms with Gasteiger partial charge in [0.2, 0.25) is 0 Å². The van der Waals surface area contributed by atoms with Gasteiger partial charge in [-0.1, -0.05) is 0 Å². The molecule has 18 heavy (non-hydrogen) atoms. The molecule has 6 heteroatoms. The Kier molecular flexibility index (Phi) is 5.96. The van der Waals surface area contributed by atoms with Crippen molar-refractivity contribution >= 4 is 6.29 Å². The molecule has 0 aliphatic rings. The van der Waals surface area contributed by atoms with Crippen LogP contribution in [0.1, 0.15) is 5.56 Å². The first kappa shape index (κ1) is 14.3. The molecule has 0 atom stereocenters. The van der Waals surface area contributed by atoms with E-state index in [0.717, 1.165) is 0 Å². The molecule has 0 radical (unpaired) electrons. The number of ether oxygens (including phenoxy) is 4. The Balaban J connectivity index is 2.98. The van der Waals surface area contributed by atoms with Gasteiger partial charge in [-0.25, -0.2) is 0 Å². The first-order valence-electron chi connectivity index (χ1n) is 5.26. The number of aromatic hydroxyl groups is 1. The summed E-state index contributed by atoms with van der Waals surface area (Å²) in [6, 6.07) is 2.97. The van der Waals surface area contributed by atoms with E-state index in [4.69, 9.17) is 18.9 Å². The van der Waals surface area contributed by atoms with Crippen LogP contribution in [0.5, 0.6) is 17.2 Å². The highest BCUT2D eigenvalue weighted by molar-refractivity contribution is 5.62. The van der Waals surface area contributed by atoms with Gasteiger partial charge in [-0.05, 0) is 0 Å². The van der Waals surface area contributed by atoms with Crippen LogP contribution in [0, 0.1) is 0 Å². The van der Waals surface area contributed by atoms with Gasteiger partial charge in [0.1, 0.15) is 23.5 Å². The SMILES string of the molecule is COCOc1cc(O)c(CC=O)c(OCOC)c1. The van der Waals surface area contributed by atoms with Crippen LogP contribution in [0.2, 0.25) is 0 Å². The molecule has 0 spiro atoms. The van der Waals surface area contributed by atoms with Crippen LogP contribution in [0.4, 0.5) is 0 Å². The summed E-state index contributed by atoms with van der Waals surface area (Å²) >= 11 is 0. The molecular weight excluding hydrogens is 240 g/mol. The number of phenols is 1. The molecule has 6 nitrogen and oxygen atoms in total. The van der Waals surface area contributed by atoms with E-state index < -0.39 is 0 Å². The van der Waals surface area contributed by atoms with Gasteiger partial charge in [0.05, 0.1) is 0 Å². The monoisotopic (exact) mass is 256 g/mol. The van der Waals surface area contributed by atoms with Crippen LogP contribution in [-0.2, 0) is 20.7 Å². The zero-order chi connectivity index (χ0) is 13.4. The Morgan fingerprint density at radius 3 is 2.44 bits per heavy atom. The molecule has 0 saturated carbocycles. The molecule has 0 heterocycles. The number of benzene rings is 1. The maximum absolute atomic E-state index is 10.6. The van der Waals surface area contributed by atoms with Gasteiger partial charge in [0, 0.05) is 38.3 Å². The predicted octanol–water partition coefficient (Wildman–Crippen LogP) is 1.10. The molecule has 0 fully saturated rings. The smallest absolute Gasteiger partial charge is 0.188 e. The Bertz CT molecular complexity index is 390. The van der Waals surface area contributed by atoms with Crippen molar-refractivity contribution < 1.29 is 28.8 Å². The van der Waals surface area contributed by atoms with E-state index >= 15 is 0 Å². The predicted molar refractivity (Wildman–Crippen MR) is 62.9 cm³/mol. The second kappa shape index (κ2) is 7.52. The molecule has 0 aliphatic heterocycles. The van der Waals surface area contributed by atoms with E-state index in [-0.39, 0.29) is 25.8 Å². The van der Waals surface area contributed by atoms with Gasteiger partial charge in [-0.3, -0.25) is 0 Å². The highest BCUT2D eigenvalue weighted by Gasteiger charge is 2.12. The van der Waals surface area contributed by atoms with Gasteiger partial charge < -0.3 is 28.8 Å². The molecule has 0 amide bonds. The Labute approximate surface area is 105 Å². The van der Waals surface area contributed by atoms with E-state index in [1.807, 2.05) is 0 Å². The minimum Gasteiger partial charge on any atom is -0.507 e. The molecular formula is C12H16O6. The standard InChI is InChI=1S/C12H16O6/c1-15-7-17-9-5-11(14)10(3-4-13)12(6-9)18-8-16-2/h4-6,14H,3,7-8H2,1-2H3. The van der Waals surface area contributed by atoms with Crippen molar-refractivity contribution in [2.75, 3.05) is 27.8 Å². The molecule has 0 aliphatic carbocycles. The summed E-state index contributed by atoms with van der Waals surface area (Å²) in [6.45, 7) is 0.0647. The fourth-order valence-corrected chi connectivity index (χ4v) is 1.36. The van der Waals surface area contributed by atoms with Crippen molar-refractivity contribution in [3.05, 3.63) is 17.7 Å². The van der Waals surface area contributed by atoms with Crippen LogP contribution < -0.4 is 9.47 Å². The second-order valence-electron chi connectivity index (χ2n) is 3.39. The quantitative estimate of drug-likeness (QED) is 0.554. The highest BCUT2D eigenvalue weighted by Crippen LogP contribution is 2.33. The molecule has 1 aromatic rings. The van der Waals surface area contributed by atoms with Crippen LogP contribution in [-0.4, -0.2) is 39.2 Å². The lowest BCUT2D eigenvalue weighted by Crippen LogP contribution is -2.04. The maximum atomic E-state index is 10.6. The molecule has 0 aromatic heterocycles. The summed E-state index contributed by atoms with van der Waals surface area (Å²) in [5, 5.41) is 9.80. The lowest BCUT2D eigenvalue weighted by molar-refractivity contribution is -0.107. The van der Waals surface area contributed by atoms with Crippen molar-refractivity contribution in [1.82, 2.24) is 0 Å². The minimum absolute atomic E-state index is 0.0129. The fourth-order valence-electron chi connectivity index (χ4n) is 1.36. The Morgan fingerprint density at radius 1 is 1.17 bits per heavy atom. The second-order valence-corrected chi connectivity index (χ2v) is 3.39. The summed E-state index contributed by atoms with van der Waals surface area (Å²) in [4.78, 5) is 10.6. The Morgan fingerprint density at radius 2 is 1.83 bits per heavy atom. The van der Waals surface area contributed by atoms with Crippen LogP contribution in [0.25, 0.3) is 0 Å². The zero-order valence-electron chi connectivity index (χ0n) is 10.3. The van der Waals surface area contributed by atoms with E-state index in [9.17, 15) is 9.90 Å². The Hall–Kier alpha value is -1.79. The van der Waals surface area contributed by atoms with E-state index in [0.29, 0.717) is 23.3 Å². The summed E-state index contributed by atoms with van der Waals surface area (Å²) in [5.41, 5.74) is 0.395. The van der Waals surface area contributed by atoms with Gasteiger partial charge in [0.25, 0.3) is 0 Å². The summed E-state index contributed by atoms with van der Waals surface area (Å²) in [5.74, 6) is 0.659. The fraction of sp³-hybridized carbons (Fsp3) is 0.417. The van der Waals surface area contributed by atoms with Gasteiger partial charge in [0.15, 0.2) is 13.6 Å². The first-order valence-corrected chi connectivity index (χ1v) is 5.26. The topological polar surface area (TPSA) is 74.2 Å². The lowest BCUT2D eigenvalue weighted by atomic mass is 10.1. The average molecular weight is 256 g/mol. The largest absolute Gasteiger partial charge is 0.507 e. The highest BCUT2D eigenvalue weighted by atomic mass is 16.7. The molecule has 100 valence electrons. The van der Waals surface area contributed by atoms with Crippen LogP contribution in [0.15, 0.2) is 12.1 Å². The zero-order valence-corrected chi connectivity index (χ0v) is 10.3. The van der Waals surface area contributed by atoms with Gasteiger partial charge in [-0.2, -0.15) is 0 Å². The summed E-state index contributed by atoms with van der Waals surface area (Å²) in [7, 11) is 2.97. The lowest BCUT2D eigenvalue weighted by Gasteiger charge is -2.13. The number of rotatable bonds is 8. The molecule has 0 bridgehead atoms. The first-order chi connectivity index (χ1) is 8.72. The van der Waals surface area contributed by atoms with Crippen molar-refractivity contribution in [1.29, 1.82) is 0 Å². The average Bonchev–Trinajstić information content (AvgIpc) is 2.37. The van der Waals surface area contributed by atoms with E-state index in [1.165, 1.54) is 20.3 Å². The molecule has 1 aromatic carbocycles. The number of hydrogen-bond donors (Lipinski definition) is 1. The van der Waals surface area contributed by atoms with Crippen molar-refractivity contribution in [2.45, 2.75) is 6.42 Å². The normalized spacial score (nSPS) is 10.1. The van der Waals surface area contributed by atoms with Crippen LogP contribution >= 0.6 is 0 Å². The number of carbonyl (C=O) groups excluding carboxylic acids is 1. The van der Waals surface area contributed by atoms with Crippen LogP contribution in [0.3, 0.4) is 0 Å². The number of methoxy groups -OCH3 is 2. The molecule has 0 unspecified atom stereocenters. The molecule has 1 N–H and O–H groups in total. The number of phenolic OH excluding ortho intramolecular Hbond substituents is 1. The van der Waals surface area contributed by atoms with Crippen molar-refractivity contribution in [3.8, 4) is 17.2 Å². The van der Waals surface area contributed by atoms with Crippen molar-refractivity contribution in [2.24, 2.45) is 0 Å². The van der Waals surface area contributed by atoms with Crippen molar-refractivity contribution in [3.63, 3.8) is 0 Å². The summed E-state index contributed by atoms with van der Waals surface area (Å²) in [6.07, 6.45) is 0.736. The van der Waals surface area contributed by atoms with E-state index in [1.54, 1.807) is 6.07 Å². The molecule has 1 rings (SSSR count). The summed E-state index contributed by atoms with van der Waals surface area (Å²) < 4.78 is 20.0. The molecule has 0 saturated heterocycles. The van der Waals surface area contributed by atoms with Gasteiger partial charge in [-0.15, -0.1) is 0 Å². The third-order valence-electron chi connectivity index (χ3n) is 2.12. The third-order valence-corrected chi connectivity index (χ3v) is 2.12. The van der Waals surface area contributed by atoms with E-state index in [2.05, 4.69) is 0 Å². The number of hydrogen-bond acceptors (Lipinski definition) is 6. The van der Waals surface area contributed by atoms with Gasteiger partial charge >= 0.3 is 0 Å². The maximum Gasteiger partial charge on any atom is 0.188 e.